The van der Waals surface area contributed by atoms with E-state index >= 15 is 0 Å². The Bertz CT molecular complexity index is 301. The van der Waals surface area contributed by atoms with Crippen molar-refractivity contribution in [3.63, 3.8) is 0 Å². The van der Waals surface area contributed by atoms with Crippen molar-refractivity contribution in [3.05, 3.63) is 0 Å². The van der Waals surface area contributed by atoms with E-state index in [-0.39, 0.29) is 6.10 Å². The van der Waals surface area contributed by atoms with Crippen molar-refractivity contribution in [2.45, 2.75) is 58.7 Å². The van der Waals surface area contributed by atoms with Gasteiger partial charge in [0.1, 0.15) is 6.10 Å². The monoisotopic (exact) mass is 254 g/mol. The minimum Gasteiger partial charge on any atom is -0.458 e. The van der Waals surface area contributed by atoms with Gasteiger partial charge in [-0.15, -0.1) is 0 Å². The van der Waals surface area contributed by atoms with E-state index in [1.807, 2.05) is 0 Å². The molecule has 0 spiro atoms. The first-order valence-electron chi connectivity index (χ1n) is 7.03. The Labute approximate surface area is 110 Å². The molecule has 1 saturated carbocycles. The quantitative estimate of drug-likeness (QED) is 0.841. The zero-order valence-electron chi connectivity index (χ0n) is 11.8. The fourth-order valence-corrected chi connectivity index (χ4v) is 2.86. The maximum atomic E-state index is 5.92. The highest BCUT2D eigenvalue weighted by Gasteiger charge is 2.30. The molecule has 1 unspecified atom stereocenters. The van der Waals surface area contributed by atoms with Gasteiger partial charge in [-0.25, -0.2) is 4.99 Å². The Hall–Kier alpha value is -0.770. The van der Waals surface area contributed by atoms with Crippen molar-refractivity contribution >= 4 is 6.02 Å². The molecule has 0 aromatic carbocycles. The van der Waals surface area contributed by atoms with E-state index in [1.54, 1.807) is 0 Å². The summed E-state index contributed by atoms with van der Waals surface area (Å²) < 4.78 is 11.3. The fraction of sp³-hybridized carbons (Fsp3) is 0.929. The van der Waals surface area contributed by atoms with Crippen LogP contribution in [-0.2, 0) is 9.47 Å². The number of hydrogen-bond acceptors (Lipinski definition) is 4. The molecule has 18 heavy (non-hydrogen) atoms. The lowest BCUT2D eigenvalue weighted by Crippen LogP contribution is -2.31. The third-order valence-electron chi connectivity index (χ3n) is 4.15. The molecule has 0 radical (unpaired) electrons. The largest absolute Gasteiger partial charge is 0.458 e. The van der Waals surface area contributed by atoms with Gasteiger partial charge in [-0.1, -0.05) is 20.8 Å². The summed E-state index contributed by atoms with van der Waals surface area (Å²) in [7, 11) is 0. The van der Waals surface area contributed by atoms with Gasteiger partial charge in [-0.3, -0.25) is 0 Å². The minimum atomic E-state index is 0.0327. The molecule has 2 aliphatic rings. The third-order valence-corrected chi connectivity index (χ3v) is 4.15. The van der Waals surface area contributed by atoms with E-state index in [0.29, 0.717) is 30.7 Å². The van der Waals surface area contributed by atoms with Crippen LogP contribution in [0.25, 0.3) is 0 Å². The second-order valence-electron chi connectivity index (χ2n) is 6.59. The standard InChI is InChI=1S/C14H26N2O2/c1-14(2,3)10-4-6-11(7-5-10)17-9-12-8-16-13(15)18-12/h10-12H,4-9H2,1-3H3,(H2,15,16). The van der Waals surface area contributed by atoms with Crippen molar-refractivity contribution in [1.29, 1.82) is 0 Å². The second kappa shape index (κ2) is 5.47. The van der Waals surface area contributed by atoms with Crippen molar-refractivity contribution in [3.8, 4) is 0 Å². The van der Waals surface area contributed by atoms with Gasteiger partial charge in [0.25, 0.3) is 6.02 Å². The Balaban J connectivity index is 1.65. The van der Waals surface area contributed by atoms with Crippen molar-refractivity contribution in [2.24, 2.45) is 22.1 Å². The molecule has 104 valence electrons. The lowest BCUT2D eigenvalue weighted by Gasteiger charge is -2.37. The zero-order valence-corrected chi connectivity index (χ0v) is 11.8. The highest BCUT2D eigenvalue weighted by molar-refractivity contribution is 5.72. The van der Waals surface area contributed by atoms with Crippen LogP contribution >= 0.6 is 0 Å². The van der Waals surface area contributed by atoms with E-state index < -0.39 is 0 Å². The Morgan fingerprint density at radius 2 is 1.94 bits per heavy atom. The maximum Gasteiger partial charge on any atom is 0.282 e. The zero-order chi connectivity index (χ0) is 13.2. The predicted octanol–water partition coefficient (Wildman–Crippen LogP) is 2.32. The molecule has 0 bridgehead atoms. The highest BCUT2D eigenvalue weighted by Crippen LogP contribution is 2.38. The lowest BCUT2D eigenvalue weighted by molar-refractivity contribution is -0.0270. The van der Waals surface area contributed by atoms with E-state index in [1.165, 1.54) is 25.7 Å². The van der Waals surface area contributed by atoms with Gasteiger partial charge >= 0.3 is 0 Å². The number of ether oxygens (including phenoxy) is 2. The third kappa shape index (κ3) is 3.61. The molecular weight excluding hydrogens is 228 g/mol. The van der Waals surface area contributed by atoms with Crippen LogP contribution in [0.5, 0.6) is 0 Å². The average Bonchev–Trinajstić information content (AvgIpc) is 2.72. The summed E-state index contributed by atoms with van der Waals surface area (Å²) in [5, 5.41) is 0. The first kappa shape index (κ1) is 13.7. The SMILES string of the molecule is CC(C)(C)C1CCC(OCC2CN=C(N)O2)CC1. The van der Waals surface area contributed by atoms with Crippen LogP contribution in [0, 0.1) is 11.3 Å². The fourth-order valence-electron chi connectivity index (χ4n) is 2.86. The molecule has 1 atom stereocenters. The normalized spacial score (nSPS) is 33.1. The summed E-state index contributed by atoms with van der Waals surface area (Å²) in [6.45, 7) is 8.28. The van der Waals surface area contributed by atoms with Gasteiger partial charge < -0.3 is 15.2 Å². The predicted molar refractivity (Wildman–Crippen MR) is 72.5 cm³/mol. The summed E-state index contributed by atoms with van der Waals surface area (Å²) in [6, 6.07) is 0.306. The molecule has 2 N–H and O–H groups in total. The van der Waals surface area contributed by atoms with Crippen LogP contribution in [0.3, 0.4) is 0 Å². The highest BCUT2D eigenvalue weighted by atomic mass is 16.6. The second-order valence-corrected chi connectivity index (χ2v) is 6.59. The van der Waals surface area contributed by atoms with Crippen LogP contribution < -0.4 is 5.73 Å². The topological polar surface area (TPSA) is 56.8 Å². The van der Waals surface area contributed by atoms with Gasteiger partial charge in [0.2, 0.25) is 0 Å². The maximum absolute atomic E-state index is 5.92. The summed E-state index contributed by atoms with van der Waals surface area (Å²) in [5.41, 5.74) is 5.90. The summed E-state index contributed by atoms with van der Waals surface area (Å²) in [4.78, 5) is 4.02. The molecule has 0 amide bonds. The van der Waals surface area contributed by atoms with Crippen molar-refractivity contribution in [1.82, 2.24) is 0 Å². The molecule has 0 saturated heterocycles. The molecule has 4 heteroatoms. The van der Waals surface area contributed by atoms with E-state index in [4.69, 9.17) is 15.2 Å². The van der Waals surface area contributed by atoms with Gasteiger partial charge in [-0.2, -0.15) is 0 Å². The Kier molecular flexibility index (Phi) is 4.15. The molecule has 1 aliphatic carbocycles. The van der Waals surface area contributed by atoms with Gasteiger partial charge in [-0.05, 0) is 37.0 Å². The number of amidine groups is 1. The summed E-state index contributed by atoms with van der Waals surface area (Å²) >= 11 is 0. The Morgan fingerprint density at radius 3 is 2.44 bits per heavy atom. The van der Waals surface area contributed by atoms with Gasteiger partial charge in [0.15, 0.2) is 0 Å². The van der Waals surface area contributed by atoms with Crippen molar-refractivity contribution < 1.29 is 9.47 Å². The molecule has 2 rings (SSSR count). The summed E-state index contributed by atoms with van der Waals surface area (Å²) in [6.07, 6.45) is 5.33. The minimum absolute atomic E-state index is 0.0327. The molecule has 4 nitrogen and oxygen atoms in total. The number of nitrogens with zero attached hydrogens (tertiary/aromatic N) is 1. The van der Waals surface area contributed by atoms with E-state index in [9.17, 15) is 0 Å². The molecule has 1 heterocycles. The van der Waals surface area contributed by atoms with Gasteiger partial charge in [0, 0.05) is 0 Å². The van der Waals surface area contributed by atoms with Gasteiger partial charge in [0.05, 0.1) is 19.3 Å². The lowest BCUT2D eigenvalue weighted by atomic mass is 9.72. The van der Waals surface area contributed by atoms with Crippen LogP contribution in [0.2, 0.25) is 0 Å². The molecule has 0 aromatic rings. The Morgan fingerprint density at radius 1 is 1.28 bits per heavy atom. The van der Waals surface area contributed by atoms with E-state index in [0.717, 1.165) is 5.92 Å². The smallest absolute Gasteiger partial charge is 0.282 e. The first-order valence-corrected chi connectivity index (χ1v) is 7.03. The number of aliphatic imine (C=N–C) groups is 1. The van der Waals surface area contributed by atoms with Crippen LogP contribution in [0.15, 0.2) is 4.99 Å². The summed E-state index contributed by atoms with van der Waals surface area (Å²) in [5.74, 6) is 0.832. The average molecular weight is 254 g/mol. The molecular formula is C14H26N2O2. The molecule has 1 fully saturated rings. The molecule has 1 aliphatic heterocycles. The van der Waals surface area contributed by atoms with Crippen LogP contribution in [0.4, 0.5) is 0 Å². The van der Waals surface area contributed by atoms with Crippen LogP contribution in [-0.4, -0.2) is 31.4 Å². The van der Waals surface area contributed by atoms with Crippen molar-refractivity contribution in [2.75, 3.05) is 13.2 Å². The first-order chi connectivity index (χ1) is 8.45. The number of rotatable bonds is 3. The van der Waals surface area contributed by atoms with E-state index in [2.05, 4.69) is 25.8 Å². The van der Waals surface area contributed by atoms with Crippen LogP contribution in [0.1, 0.15) is 46.5 Å². The number of hydrogen-bond donors (Lipinski definition) is 1. The number of nitrogens with two attached hydrogens (primary N) is 1. The molecule has 0 aromatic heterocycles.